The molecule has 2 aliphatic carbocycles. The van der Waals surface area contributed by atoms with E-state index in [2.05, 4.69) is 13.8 Å². The Morgan fingerprint density at radius 3 is 1.93 bits per heavy atom. The summed E-state index contributed by atoms with van der Waals surface area (Å²) in [5.74, 6) is -2.66. The van der Waals surface area contributed by atoms with Crippen LogP contribution in [0.25, 0.3) is 0 Å². The van der Waals surface area contributed by atoms with Crippen LogP contribution in [0.4, 0.5) is 0 Å². The van der Waals surface area contributed by atoms with Gasteiger partial charge in [0.2, 0.25) is 24.2 Å². The van der Waals surface area contributed by atoms with Gasteiger partial charge in [-0.1, -0.05) is 13.8 Å². The number of esters is 2. The van der Waals surface area contributed by atoms with E-state index in [4.69, 9.17) is 38.5 Å². The van der Waals surface area contributed by atoms with Crippen LogP contribution in [-0.2, 0) is 48.1 Å². The number of hydrogen-bond acceptors (Lipinski definition) is 10. The van der Waals surface area contributed by atoms with E-state index in [9.17, 15) is 9.59 Å². The van der Waals surface area contributed by atoms with Crippen LogP contribution >= 0.6 is 0 Å². The summed E-state index contributed by atoms with van der Waals surface area (Å²) in [5.41, 5.74) is -2.83. The number of carbonyl (C=O) groups excluding carboxylic acids is 2. The van der Waals surface area contributed by atoms with Crippen molar-refractivity contribution in [3.63, 3.8) is 0 Å². The monoisotopic (exact) mass is 562 g/mol. The van der Waals surface area contributed by atoms with Crippen LogP contribution in [0.5, 0.6) is 0 Å². The van der Waals surface area contributed by atoms with Crippen molar-refractivity contribution in [1.29, 1.82) is 0 Å². The lowest BCUT2D eigenvalue weighted by molar-refractivity contribution is -0.563. The van der Waals surface area contributed by atoms with E-state index in [0.29, 0.717) is 24.7 Å². The predicted octanol–water partition coefficient (Wildman–Crippen LogP) is 4.54. The molecule has 0 aromatic heterocycles. The van der Waals surface area contributed by atoms with Crippen molar-refractivity contribution in [3.05, 3.63) is 0 Å². The summed E-state index contributed by atoms with van der Waals surface area (Å²) in [6.07, 6.45) is 5.11. The van der Waals surface area contributed by atoms with Crippen LogP contribution < -0.4 is 0 Å². The van der Waals surface area contributed by atoms with E-state index in [1.165, 1.54) is 0 Å². The van der Waals surface area contributed by atoms with Crippen molar-refractivity contribution >= 4 is 11.9 Å². The average molecular weight is 563 g/mol. The Bertz CT molecular complexity index is 1130. The molecule has 0 amide bonds. The lowest BCUT2D eigenvalue weighted by Gasteiger charge is -2.62. The van der Waals surface area contributed by atoms with Crippen LogP contribution in [0.15, 0.2) is 0 Å². The summed E-state index contributed by atoms with van der Waals surface area (Å²) in [5, 5.41) is 0. The van der Waals surface area contributed by atoms with Crippen LogP contribution in [0, 0.1) is 46.8 Å². The van der Waals surface area contributed by atoms with E-state index < -0.39 is 46.7 Å². The summed E-state index contributed by atoms with van der Waals surface area (Å²) in [7, 11) is 0. The van der Waals surface area contributed by atoms with Gasteiger partial charge in [0.25, 0.3) is 0 Å². The molecule has 8 aliphatic heterocycles. The topological polar surface area (TPSA) is 108 Å². The van der Waals surface area contributed by atoms with Gasteiger partial charge >= 0.3 is 11.9 Å². The molecular formula is C30H42O10. The first-order chi connectivity index (χ1) is 18.9. The second-order valence-corrected chi connectivity index (χ2v) is 14.8. The first-order valence-electron chi connectivity index (χ1n) is 15.4. The molecule has 10 fully saturated rings. The van der Waals surface area contributed by atoms with E-state index in [-0.39, 0.29) is 42.0 Å². The first kappa shape index (κ1) is 26.3. The zero-order chi connectivity index (χ0) is 27.9. The molecule has 0 N–H and O–H groups in total. The molecule has 8 saturated heterocycles. The lowest BCUT2D eigenvalue weighted by Crippen LogP contribution is -2.73. The summed E-state index contributed by atoms with van der Waals surface area (Å²) in [4.78, 5) is 52.5. The average Bonchev–Trinajstić information content (AvgIpc) is 3.27. The van der Waals surface area contributed by atoms with Crippen molar-refractivity contribution in [2.45, 2.75) is 128 Å². The Morgan fingerprint density at radius 1 is 0.675 bits per heavy atom. The largest absolute Gasteiger partial charge is 0.432 e. The highest BCUT2D eigenvalue weighted by Crippen LogP contribution is 2.66. The zero-order valence-electron chi connectivity index (χ0n) is 24.1. The Labute approximate surface area is 234 Å². The van der Waals surface area contributed by atoms with E-state index in [1.54, 1.807) is 0 Å². The molecule has 14 atom stereocenters. The molecule has 10 aliphatic rings. The van der Waals surface area contributed by atoms with Gasteiger partial charge in [-0.15, -0.1) is 0 Å². The van der Waals surface area contributed by atoms with Crippen molar-refractivity contribution in [2.75, 3.05) is 0 Å². The fourth-order valence-corrected chi connectivity index (χ4v) is 10.4. The van der Waals surface area contributed by atoms with Gasteiger partial charge in [-0.25, -0.2) is 19.6 Å². The van der Waals surface area contributed by atoms with Crippen LogP contribution in [0.3, 0.4) is 0 Å². The van der Waals surface area contributed by atoms with Crippen molar-refractivity contribution in [3.8, 4) is 0 Å². The summed E-state index contributed by atoms with van der Waals surface area (Å²) in [6, 6.07) is 0. The molecule has 2 saturated carbocycles. The third-order valence-corrected chi connectivity index (χ3v) is 12.6. The van der Waals surface area contributed by atoms with Gasteiger partial charge in [0.1, 0.15) is 0 Å². The van der Waals surface area contributed by atoms with E-state index in [0.717, 1.165) is 38.5 Å². The number of hydrogen-bond donors (Lipinski definition) is 0. The quantitative estimate of drug-likeness (QED) is 0.351. The number of rotatable bonds is 2. The Kier molecular flexibility index (Phi) is 5.40. The summed E-state index contributed by atoms with van der Waals surface area (Å²) >= 11 is 0. The molecule has 2 unspecified atom stereocenters. The summed E-state index contributed by atoms with van der Waals surface area (Å²) < 4.78 is 24.9. The fourth-order valence-electron chi connectivity index (χ4n) is 10.4. The molecule has 10 rings (SSSR count). The number of carbonyl (C=O) groups is 2. The second-order valence-electron chi connectivity index (χ2n) is 14.8. The van der Waals surface area contributed by atoms with Gasteiger partial charge < -0.3 is 18.9 Å². The van der Waals surface area contributed by atoms with Crippen molar-refractivity contribution in [2.24, 2.45) is 46.8 Å². The highest BCUT2D eigenvalue weighted by Gasteiger charge is 2.76. The molecule has 4 bridgehead atoms. The molecule has 0 aromatic carbocycles. The highest BCUT2D eigenvalue weighted by atomic mass is 17.3. The van der Waals surface area contributed by atoms with Gasteiger partial charge in [-0.3, -0.25) is 9.59 Å². The molecule has 8 heterocycles. The lowest BCUT2D eigenvalue weighted by atomic mass is 9.50. The van der Waals surface area contributed by atoms with Crippen LogP contribution in [0.2, 0.25) is 0 Å². The highest BCUT2D eigenvalue weighted by molar-refractivity contribution is 5.81. The number of fused-ring (bicyclic) bond motifs is 4. The maximum atomic E-state index is 14.1. The Morgan fingerprint density at radius 2 is 1.25 bits per heavy atom. The molecule has 0 radical (unpaired) electrons. The van der Waals surface area contributed by atoms with E-state index >= 15 is 0 Å². The van der Waals surface area contributed by atoms with Crippen molar-refractivity contribution < 1.29 is 48.1 Å². The Hall–Kier alpha value is -1.30. The molecule has 0 aromatic rings. The Balaban J connectivity index is 1.18. The van der Waals surface area contributed by atoms with Crippen LogP contribution in [-0.4, -0.2) is 47.3 Å². The normalized spacial score (nSPS) is 60.1. The maximum absolute atomic E-state index is 14.1. The van der Waals surface area contributed by atoms with Gasteiger partial charge in [-0.2, -0.15) is 0 Å². The first-order valence-corrected chi connectivity index (χ1v) is 15.4. The fraction of sp³-hybridized carbons (Fsp3) is 0.933. The van der Waals surface area contributed by atoms with Gasteiger partial charge in [0.15, 0.2) is 11.2 Å². The standard InChI is InChI=1S/C30H42O10/c1-15-6-8-20-17(22(31)33-24-29(20)18(15)10-12-27(4,35-24)37-39-29)14-26(3)21-9-7-16(2)19-11-13-28(5)36-25(34-23(26)32)30(19,21)40-38-28/h15-21,24-25H,6-14H2,1-5H3/t15-,16-,17?,18+,19+,20+,21+,24-,25-,26+,27+,28+,29?,30-/m1/s1. The third-order valence-electron chi connectivity index (χ3n) is 12.6. The number of ether oxygens (including phenoxy) is 4. The molecule has 10 nitrogen and oxygen atoms in total. The maximum Gasteiger partial charge on any atom is 0.314 e. The molecular weight excluding hydrogens is 520 g/mol. The molecule has 40 heavy (non-hydrogen) atoms. The van der Waals surface area contributed by atoms with Gasteiger partial charge in [-0.05, 0) is 77.6 Å². The van der Waals surface area contributed by atoms with Crippen LogP contribution in [0.1, 0.15) is 92.4 Å². The molecule has 2 spiro atoms. The minimum absolute atomic E-state index is 0.109. The third kappa shape index (κ3) is 3.16. The summed E-state index contributed by atoms with van der Waals surface area (Å²) in [6.45, 7) is 10.1. The SMILES string of the molecule is C[C@@H]1CC[C@H]2C(C[C@]3(C)C(=O)O[C@@H]4O[C@]5(C)CC[C@H]6[C@H](C)CC[C@@H]3[C@@]46OO5)C(=O)O[C@@H]3O[C@]4(C)CC[C@@H]1C32OO4. The van der Waals surface area contributed by atoms with Crippen molar-refractivity contribution in [1.82, 2.24) is 0 Å². The predicted molar refractivity (Wildman–Crippen MR) is 134 cm³/mol. The minimum atomic E-state index is -1.01. The molecule has 10 heteroatoms. The van der Waals surface area contributed by atoms with Gasteiger partial charge in [0.05, 0.1) is 11.3 Å². The van der Waals surface area contributed by atoms with E-state index in [1.807, 2.05) is 20.8 Å². The minimum Gasteiger partial charge on any atom is -0.432 e. The smallest absolute Gasteiger partial charge is 0.314 e. The zero-order valence-corrected chi connectivity index (χ0v) is 24.1. The second kappa shape index (κ2) is 8.20. The van der Waals surface area contributed by atoms with Gasteiger partial charge in [0, 0.05) is 36.5 Å². The molecule has 222 valence electrons.